The summed E-state index contributed by atoms with van der Waals surface area (Å²) in [5, 5.41) is 2.21. The number of aromatic nitrogens is 3. The molecule has 0 saturated heterocycles. The van der Waals surface area contributed by atoms with Crippen molar-refractivity contribution in [3.63, 3.8) is 0 Å². The van der Waals surface area contributed by atoms with Gasteiger partial charge in [-0.25, -0.2) is 15.0 Å². The fourth-order valence-electron chi connectivity index (χ4n) is 9.04. The van der Waals surface area contributed by atoms with Crippen LogP contribution in [0.25, 0.3) is 89.5 Å². The van der Waals surface area contributed by atoms with Crippen LogP contribution in [0.2, 0.25) is 0 Å². The average molecular weight is 774 g/mol. The SMILES string of the molecule is CC1(C)c2ccccc2-c2c1ccc1c2Oc2cc(-c3ccccc3-c3nc(-c4ccccc4)nc(-c4ccc(-c5cccc6c5oc5ccccc56)cc4)n3)ccc2O1. The van der Waals surface area contributed by atoms with Crippen molar-refractivity contribution < 1.29 is 13.9 Å². The van der Waals surface area contributed by atoms with E-state index in [1.807, 2.05) is 72.8 Å². The summed E-state index contributed by atoms with van der Waals surface area (Å²) in [7, 11) is 0. The minimum absolute atomic E-state index is 0.153. The molecule has 0 atom stereocenters. The van der Waals surface area contributed by atoms with Crippen LogP contribution in [0.5, 0.6) is 23.0 Å². The molecule has 0 saturated carbocycles. The molecule has 0 radical (unpaired) electrons. The molecule has 60 heavy (non-hydrogen) atoms. The summed E-state index contributed by atoms with van der Waals surface area (Å²) in [6.45, 7) is 4.54. The van der Waals surface area contributed by atoms with Gasteiger partial charge in [-0.3, -0.25) is 0 Å². The lowest BCUT2D eigenvalue weighted by atomic mass is 9.82. The molecule has 8 aromatic carbocycles. The van der Waals surface area contributed by atoms with E-state index >= 15 is 0 Å². The fourth-order valence-corrected chi connectivity index (χ4v) is 9.04. The minimum atomic E-state index is -0.153. The van der Waals surface area contributed by atoms with Gasteiger partial charge in [0, 0.05) is 44.0 Å². The second-order valence-corrected chi connectivity index (χ2v) is 15.9. The van der Waals surface area contributed by atoms with E-state index in [-0.39, 0.29) is 5.41 Å². The standard InChI is InChI=1S/C54H35N3O3/c1-54(2)42-21-10-8-18-41(42)48-43(54)28-30-46-50(48)60-47-31-35(27-29-45(47)58-46)36-15-6-7-17-40(36)53-56-51(33-13-4-3-5-14-33)55-52(57-53)34-25-23-32(24-26-34)37-19-12-20-39-38-16-9-11-22-44(38)59-49(37)39/h3-31H,1-2H3. The predicted octanol–water partition coefficient (Wildman–Crippen LogP) is 14.3. The molecule has 3 heterocycles. The fraction of sp³-hybridized carbons (Fsp3) is 0.0556. The molecular weight excluding hydrogens is 739 g/mol. The maximum absolute atomic E-state index is 6.84. The topological polar surface area (TPSA) is 70.3 Å². The van der Waals surface area contributed by atoms with Crippen LogP contribution in [-0.4, -0.2) is 15.0 Å². The number of para-hydroxylation sites is 2. The largest absolute Gasteiger partial charge is 0.455 e. The summed E-state index contributed by atoms with van der Waals surface area (Å²) >= 11 is 0. The molecule has 2 aromatic heterocycles. The predicted molar refractivity (Wildman–Crippen MR) is 238 cm³/mol. The molecule has 6 nitrogen and oxygen atoms in total. The Labute approximate surface area is 346 Å². The monoisotopic (exact) mass is 773 g/mol. The minimum Gasteiger partial charge on any atom is -0.455 e. The van der Waals surface area contributed by atoms with Crippen molar-refractivity contribution in [1.29, 1.82) is 0 Å². The van der Waals surface area contributed by atoms with Crippen molar-refractivity contribution in [1.82, 2.24) is 15.0 Å². The number of ether oxygens (including phenoxy) is 2. The van der Waals surface area contributed by atoms with Gasteiger partial charge in [-0.05, 0) is 57.6 Å². The maximum atomic E-state index is 6.84. The van der Waals surface area contributed by atoms with Crippen LogP contribution in [-0.2, 0) is 5.41 Å². The third-order valence-electron chi connectivity index (χ3n) is 12.0. The van der Waals surface area contributed by atoms with Crippen LogP contribution in [0.1, 0.15) is 25.0 Å². The first-order valence-corrected chi connectivity index (χ1v) is 20.2. The Hall–Kier alpha value is -7.83. The molecule has 10 aromatic rings. The van der Waals surface area contributed by atoms with Gasteiger partial charge in [0.1, 0.15) is 11.2 Å². The Kier molecular flexibility index (Phi) is 7.47. The number of hydrogen-bond acceptors (Lipinski definition) is 6. The molecular formula is C54H35N3O3. The third kappa shape index (κ3) is 5.31. The van der Waals surface area contributed by atoms with E-state index in [1.54, 1.807) is 0 Å². The van der Waals surface area contributed by atoms with Gasteiger partial charge in [-0.1, -0.05) is 166 Å². The quantitative estimate of drug-likeness (QED) is 0.173. The highest BCUT2D eigenvalue weighted by Gasteiger charge is 2.39. The van der Waals surface area contributed by atoms with E-state index in [0.29, 0.717) is 34.7 Å². The first-order chi connectivity index (χ1) is 29.5. The van der Waals surface area contributed by atoms with Gasteiger partial charge in [0.2, 0.25) is 0 Å². The molecule has 12 rings (SSSR count). The van der Waals surface area contributed by atoms with Crippen molar-refractivity contribution in [2.24, 2.45) is 0 Å². The lowest BCUT2D eigenvalue weighted by Gasteiger charge is -2.25. The molecule has 0 spiro atoms. The van der Waals surface area contributed by atoms with Crippen LogP contribution in [0.15, 0.2) is 180 Å². The number of furan rings is 1. The highest BCUT2D eigenvalue weighted by Crippen LogP contribution is 2.58. The second-order valence-electron chi connectivity index (χ2n) is 15.9. The number of fused-ring (bicyclic) bond motifs is 9. The van der Waals surface area contributed by atoms with Crippen LogP contribution in [0.4, 0.5) is 0 Å². The van der Waals surface area contributed by atoms with Crippen LogP contribution in [0, 0.1) is 0 Å². The summed E-state index contributed by atoms with van der Waals surface area (Å²) in [6.07, 6.45) is 0. The Balaban J connectivity index is 0.941. The normalized spacial score (nSPS) is 13.2. The van der Waals surface area contributed by atoms with E-state index in [4.69, 9.17) is 28.8 Å². The first kappa shape index (κ1) is 34.2. The summed E-state index contributed by atoms with van der Waals surface area (Å²) in [4.78, 5) is 15.3. The Bertz CT molecular complexity index is 3350. The van der Waals surface area contributed by atoms with Gasteiger partial charge in [-0.15, -0.1) is 0 Å². The maximum Gasteiger partial charge on any atom is 0.178 e. The average Bonchev–Trinajstić information content (AvgIpc) is 3.80. The lowest BCUT2D eigenvalue weighted by Crippen LogP contribution is -2.15. The zero-order valence-corrected chi connectivity index (χ0v) is 32.8. The van der Waals surface area contributed by atoms with E-state index in [9.17, 15) is 0 Å². The Morgan fingerprint density at radius 1 is 0.400 bits per heavy atom. The lowest BCUT2D eigenvalue weighted by molar-refractivity contribution is 0.360. The van der Waals surface area contributed by atoms with Crippen LogP contribution < -0.4 is 9.47 Å². The molecule has 284 valence electrons. The molecule has 1 aliphatic carbocycles. The molecule has 0 fully saturated rings. The smallest absolute Gasteiger partial charge is 0.178 e. The van der Waals surface area contributed by atoms with Gasteiger partial charge in [0.05, 0.1) is 0 Å². The molecule has 0 amide bonds. The summed E-state index contributed by atoms with van der Waals surface area (Å²) in [5.74, 6) is 4.54. The van der Waals surface area contributed by atoms with E-state index in [2.05, 4.69) is 117 Å². The highest BCUT2D eigenvalue weighted by atomic mass is 16.6. The number of benzene rings is 8. The zero-order valence-electron chi connectivity index (χ0n) is 32.8. The Morgan fingerprint density at radius 3 is 1.85 bits per heavy atom. The summed E-state index contributed by atoms with van der Waals surface area (Å²) in [5.41, 5.74) is 13.0. The number of nitrogens with zero attached hydrogens (tertiary/aromatic N) is 3. The number of rotatable bonds is 5. The van der Waals surface area contributed by atoms with Gasteiger partial charge >= 0.3 is 0 Å². The summed E-state index contributed by atoms with van der Waals surface area (Å²) < 4.78 is 19.7. The van der Waals surface area contributed by atoms with Gasteiger partial charge in [-0.2, -0.15) is 0 Å². The zero-order chi connectivity index (χ0) is 40.0. The van der Waals surface area contributed by atoms with Gasteiger partial charge in [0.25, 0.3) is 0 Å². The van der Waals surface area contributed by atoms with E-state index in [0.717, 1.165) is 72.2 Å². The summed E-state index contributed by atoms with van der Waals surface area (Å²) in [6, 6.07) is 60.0. The Morgan fingerprint density at radius 2 is 1.02 bits per heavy atom. The van der Waals surface area contributed by atoms with E-state index < -0.39 is 0 Å². The molecule has 0 bridgehead atoms. The third-order valence-corrected chi connectivity index (χ3v) is 12.0. The van der Waals surface area contributed by atoms with Crippen LogP contribution >= 0.6 is 0 Å². The van der Waals surface area contributed by atoms with Crippen LogP contribution in [0.3, 0.4) is 0 Å². The van der Waals surface area contributed by atoms with Crippen molar-refractivity contribution in [2.45, 2.75) is 19.3 Å². The molecule has 0 N–H and O–H groups in total. The van der Waals surface area contributed by atoms with Crippen molar-refractivity contribution in [2.75, 3.05) is 0 Å². The molecule has 1 aliphatic heterocycles. The van der Waals surface area contributed by atoms with E-state index in [1.165, 1.54) is 16.7 Å². The highest BCUT2D eigenvalue weighted by molar-refractivity contribution is 6.09. The van der Waals surface area contributed by atoms with Gasteiger partial charge in [0.15, 0.2) is 40.5 Å². The van der Waals surface area contributed by atoms with Gasteiger partial charge < -0.3 is 13.9 Å². The number of hydrogen-bond donors (Lipinski definition) is 0. The van der Waals surface area contributed by atoms with Crippen molar-refractivity contribution >= 4 is 21.9 Å². The first-order valence-electron chi connectivity index (χ1n) is 20.2. The van der Waals surface area contributed by atoms with Crippen molar-refractivity contribution in [3.8, 4) is 90.5 Å². The molecule has 6 heteroatoms. The molecule has 0 unspecified atom stereocenters. The van der Waals surface area contributed by atoms with Crippen molar-refractivity contribution in [3.05, 3.63) is 187 Å². The second kappa shape index (κ2) is 13.1. The molecule has 2 aliphatic rings.